The predicted octanol–water partition coefficient (Wildman–Crippen LogP) is 2.93. The Morgan fingerprint density at radius 2 is 2.00 bits per heavy atom. The first-order valence-corrected chi connectivity index (χ1v) is 7.04. The van der Waals surface area contributed by atoms with Crippen LogP contribution in [0.4, 0.5) is 0 Å². The van der Waals surface area contributed by atoms with Crippen molar-refractivity contribution in [1.82, 2.24) is 9.88 Å². The van der Waals surface area contributed by atoms with Crippen molar-refractivity contribution in [3.63, 3.8) is 0 Å². The first kappa shape index (κ1) is 14.2. The molecule has 1 aromatic heterocycles. The standard InChI is InChI=1S/C15H18BrN3/c1-19(11-13-4-2-3-5-15(13)16)10-12-6-7-18-14(8-12)9-17/h2-8H,9-11,17H2,1H3. The van der Waals surface area contributed by atoms with Gasteiger partial charge in [0.15, 0.2) is 0 Å². The highest BCUT2D eigenvalue weighted by molar-refractivity contribution is 9.10. The summed E-state index contributed by atoms with van der Waals surface area (Å²) in [6.07, 6.45) is 1.82. The SMILES string of the molecule is CN(Cc1ccnc(CN)c1)Cc1ccccc1Br. The van der Waals surface area contributed by atoms with Crippen molar-refractivity contribution >= 4 is 15.9 Å². The Bertz CT molecular complexity index is 542. The van der Waals surface area contributed by atoms with E-state index in [2.05, 4.69) is 57.1 Å². The number of nitrogens with two attached hydrogens (primary N) is 1. The van der Waals surface area contributed by atoms with Crippen molar-refractivity contribution in [2.45, 2.75) is 19.6 Å². The van der Waals surface area contributed by atoms with Crippen LogP contribution in [0.1, 0.15) is 16.8 Å². The number of hydrogen-bond acceptors (Lipinski definition) is 3. The van der Waals surface area contributed by atoms with Crippen molar-refractivity contribution in [2.75, 3.05) is 7.05 Å². The van der Waals surface area contributed by atoms with E-state index in [0.717, 1.165) is 23.3 Å². The van der Waals surface area contributed by atoms with Gasteiger partial charge >= 0.3 is 0 Å². The van der Waals surface area contributed by atoms with E-state index in [4.69, 9.17) is 5.73 Å². The van der Waals surface area contributed by atoms with Gasteiger partial charge in [0.25, 0.3) is 0 Å². The van der Waals surface area contributed by atoms with Gasteiger partial charge in [-0.05, 0) is 36.4 Å². The van der Waals surface area contributed by atoms with Gasteiger partial charge in [0.05, 0.1) is 5.69 Å². The third kappa shape index (κ3) is 4.13. The molecule has 0 atom stereocenters. The number of rotatable bonds is 5. The molecule has 2 rings (SSSR count). The van der Waals surface area contributed by atoms with Crippen molar-refractivity contribution in [3.05, 3.63) is 63.9 Å². The zero-order valence-electron chi connectivity index (χ0n) is 11.0. The Balaban J connectivity index is 2.01. The minimum absolute atomic E-state index is 0.488. The summed E-state index contributed by atoms with van der Waals surface area (Å²) >= 11 is 3.58. The van der Waals surface area contributed by atoms with Gasteiger partial charge in [0, 0.05) is 30.3 Å². The second kappa shape index (κ2) is 6.80. The highest BCUT2D eigenvalue weighted by Crippen LogP contribution is 2.18. The second-order valence-electron chi connectivity index (χ2n) is 4.62. The maximum atomic E-state index is 5.61. The van der Waals surface area contributed by atoms with Crippen molar-refractivity contribution in [3.8, 4) is 0 Å². The van der Waals surface area contributed by atoms with Crippen LogP contribution < -0.4 is 5.73 Å². The van der Waals surface area contributed by atoms with Gasteiger partial charge in [-0.2, -0.15) is 0 Å². The summed E-state index contributed by atoms with van der Waals surface area (Å²) in [4.78, 5) is 6.49. The van der Waals surface area contributed by atoms with Crippen molar-refractivity contribution in [1.29, 1.82) is 0 Å². The number of aromatic nitrogens is 1. The third-order valence-corrected chi connectivity index (χ3v) is 3.71. The Morgan fingerprint density at radius 1 is 1.21 bits per heavy atom. The molecule has 0 aliphatic rings. The van der Waals surface area contributed by atoms with Crippen molar-refractivity contribution in [2.24, 2.45) is 5.73 Å². The summed E-state index contributed by atoms with van der Waals surface area (Å²) < 4.78 is 1.15. The molecule has 0 saturated heterocycles. The van der Waals surface area contributed by atoms with E-state index in [0.29, 0.717) is 6.54 Å². The van der Waals surface area contributed by atoms with Crippen LogP contribution in [0.3, 0.4) is 0 Å². The molecule has 0 aliphatic carbocycles. The fourth-order valence-corrected chi connectivity index (χ4v) is 2.43. The number of halogens is 1. The molecular weight excluding hydrogens is 302 g/mol. The average molecular weight is 320 g/mol. The van der Waals surface area contributed by atoms with Gasteiger partial charge < -0.3 is 5.73 Å². The summed E-state index contributed by atoms with van der Waals surface area (Å²) in [5, 5.41) is 0. The third-order valence-electron chi connectivity index (χ3n) is 2.94. The fourth-order valence-electron chi connectivity index (χ4n) is 2.02. The molecule has 1 heterocycles. The van der Waals surface area contributed by atoms with Gasteiger partial charge in [-0.15, -0.1) is 0 Å². The maximum Gasteiger partial charge on any atom is 0.0542 e. The molecule has 0 amide bonds. The molecule has 1 aromatic carbocycles. The first-order chi connectivity index (χ1) is 9.19. The van der Waals surface area contributed by atoms with Gasteiger partial charge in [-0.1, -0.05) is 34.1 Å². The van der Waals surface area contributed by atoms with E-state index in [9.17, 15) is 0 Å². The Hall–Kier alpha value is -1.23. The number of hydrogen-bond donors (Lipinski definition) is 1. The minimum Gasteiger partial charge on any atom is -0.325 e. The molecule has 0 bridgehead atoms. The predicted molar refractivity (Wildman–Crippen MR) is 81.4 cm³/mol. The van der Waals surface area contributed by atoms with E-state index in [1.165, 1.54) is 11.1 Å². The minimum atomic E-state index is 0.488. The Labute approximate surface area is 122 Å². The smallest absolute Gasteiger partial charge is 0.0542 e. The van der Waals surface area contributed by atoms with E-state index < -0.39 is 0 Å². The zero-order chi connectivity index (χ0) is 13.7. The Kier molecular flexibility index (Phi) is 5.07. The van der Waals surface area contributed by atoms with Crippen LogP contribution >= 0.6 is 15.9 Å². The molecule has 4 heteroatoms. The molecule has 2 N–H and O–H groups in total. The lowest BCUT2D eigenvalue weighted by Crippen LogP contribution is -2.17. The van der Waals surface area contributed by atoms with E-state index >= 15 is 0 Å². The lowest BCUT2D eigenvalue weighted by molar-refractivity contribution is 0.318. The number of benzene rings is 1. The molecule has 0 radical (unpaired) electrons. The zero-order valence-corrected chi connectivity index (χ0v) is 12.6. The summed E-state index contributed by atoms with van der Waals surface area (Å²) in [5.41, 5.74) is 9.08. The monoisotopic (exact) mass is 319 g/mol. The van der Waals surface area contributed by atoms with Crippen molar-refractivity contribution < 1.29 is 0 Å². The molecule has 0 unspecified atom stereocenters. The number of nitrogens with zero attached hydrogens (tertiary/aromatic N) is 2. The molecule has 100 valence electrons. The van der Waals surface area contributed by atoms with Crippen LogP contribution in [0.2, 0.25) is 0 Å². The molecule has 0 spiro atoms. The van der Waals surface area contributed by atoms with Crippen LogP contribution in [-0.2, 0) is 19.6 Å². The summed E-state index contributed by atoms with van der Waals surface area (Å²) in [6.45, 7) is 2.28. The van der Waals surface area contributed by atoms with Gasteiger partial charge in [0.2, 0.25) is 0 Å². The molecule has 3 nitrogen and oxygen atoms in total. The lowest BCUT2D eigenvalue weighted by atomic mass is 10.2. The van der Waals surface area contributed by atoms with Crippen LogP contribution in [-0.4, -0.2) is 16.9 Å². The van der Waals surface area contributed by atoms with Gasteiger partial charge in [-0.3, -0.25) is 9.88 Å². The highest BCUT2D eigenvalue weighted by Gasteiger charge is 2.05. The fraction of sp³-hybridized carbons (Fsp3) is 0.267. The van der Waals surface area contributed by atoms with Crippen LogP contribution in [0, 0.1) is 0 Å². The quantitative estimate of drug-likeness (QED) is 0.921. The largest absolute Gasteiger partial charge is 0.325 e. The maximum absolute atomic E-state index is 5.61. The molecule has 19 heavy (non-hydrogen) atoms. The lowest BCUT2D eigenvalue weighted by Gasteiger charge is -2.18. The summed E-state index contributed by atoms with van der Waals surface area (Å²) in [6, 6.07) is 12.4. The topological polar surface area (TPSA) is 42.2 Å². The second-order valence-corrected chi connectivity index (χ2v) is 5.48. The molecule has 2 aromatic rings. The Morgan fingerprint density at radius 3 is 2.74 bits per heavy atom. The summed E-state index contributed by atoms with van der Waals surface area (Å²) in [7, 11) is 2.11. The summed E-state index contributed by atoms with van der Waals surface area (Å²) in [5.74, 6) is 0. The molecule has 0 saturated carbocycles. The normalized spacial score (nSPS) is 10.9. The number of pyridine rings is 1. The van der Waals surface area contributed by atoms with Crippen LogP contribution in [0.5, 0.6) is 0 Å². The van der Waals surface area contributed by atoms with Crippen LogP contribution in [0.15, 0.2) is 47.1 Å². The van der Waals surface area contributed by atoms with E-state index in [1.54, 1.807) is 0 Å². The van der Waals surface area contributed by atoms with Gasteiger partial charge in [0.1, 0.15) is 0 Å². The van der Waals surface area contributed by atoms with E-state index in [1.807, 2.05) is 18.3 Å². The van der Waals surface area contributed by atoms with Gasteiger partial charge in [-0.25, -0.2) is 0 Å². The molecular formula is C15H18BrN3. The average Bonchev–Trinajstić information content (AvgIpc) is 2.41. The van der Waals surface area contributed by atoms with Crippen LogP contribution in [0.25, 0.3) is 0 Å². The molecule has 0 fully saturated rings. The van der Waals surface area contributed by atoms with E-state index in [-0.39, 0.29) is 0 Å². The highest BCUT2D eigenvalue weighted by atomic mass is 79.9. The first-order valence-electron chi connectivity index (χ1n) is 6.25. The molecule has 0 aliphatic heterocycles.